The van der Waals surface area contributed by atoms with Gasteiger partial charge >= 0.3 is 0 Å². The first-order valence-electron chi connectivity index (χ1n) is 3.65. The van der Waals surface area contributed by atoms with Crippen molar-refractivity contribution in [3.8, 4) is 0 Å². The first-order chi connectivity index (χ1) is 5.38. The molecule has 0 aromatic carbocycles. The molecule has 0 saturated heterocycles. The molecule has 1 aromatic rings. The molecule has 0 fully saturated rings. The normalized spacial score (nSPS) is 10.6. The van der Waals surface area contributed by atoms with Gasteiger partial charge in [-0.25, -0.2) is 0 Å². The highest BCUT2D eigenvalue weighted by Crippen LogP contribution is 2.03. The summed E-state index contributed by atoms with van der Waals surface area (Å²) in [6, 6.07) is 3.94. The van der Waals surface area contributed by atoms with Crippen molar-refractivity contribution in [2.24, 2.45) is 0 Å². The average molecular weight is 149 g/mol. The lowest BCUT2D eigenvalue weighted by atomic mass is 10.4. The SMILES string of the molecule is CCn1cccc1/C=C/C=O. The van der Waals surface area contributed by atoms with Crippen molar-refractivity contribution in [1.29, 1.82) is 0 Å². The van der Waals surface area contributed by atoms with Gasteiger partial charge in [-0.3, -0.25) is 4.79 Å². The molecular formula is C9H11NO. The van der Waals surface area contributed by atoms with Crippen molar-refractivity contribution in [3.05, 3.63) is 30.1 Å². The zero-order valence-corrected chi connectivity index (χ0v) is 6.53. The number of carbonyl (C=O) groups excluding carboxylic acids is 1. The number of hydrogen-bond acceptors (Lipinski definition) is 1. The number of aldehydes is 1. The lowest BCUT2D eigenvalue weighted by Gasteiger charge is -1.99. The van der Waals surface area contributed by atoms with Crippen molar-refractivity contribution in [1.82, 2.24) is 4.57 Å². The maximum Gasteiger partial charge on any atom is 0.142 e. The highest BCUT2D eigenvalue weighted by molar-refractivity contribution is 5.73. The van der Waals surface area contributed by atoms with E-state index >= 15 is 0 Å². The van der Waals surface area contributed by atoms with Crippen molar-refractivity contribution in [3.63, 3.8) is 0 Å². The molecule has 1 heterocycles. The van der Waals surface area contributed by atoms with E-state index in [0.29, 0.717) is 0 Å². The Morgan fingerprint density at radius 2 is 2.45 bits per heavy atom. The number of allylic oxidation sites excluding steroid dienone is 1. The Kier molecular flexibility index (Phi) is 2.66. The fraction of sp³-hybridized carbons (Fsp3) is 0.222. The van der Waals surface area contributed by atoms with Gasteiger partial charge in [0.2, 0.25) is 0 Å². The zero-order valence-electron chi connectivity index (χ0n) is 6.53. The van der Waals surface area contributed by atoms with Crippen molar-refractivity contribution < 1.29 is 4.79 Å². The minimum atomic E-state index is 0.785. The van der Waals surface area contributed by atoms with E-state index in [1.807, 2.05) is 18.3 Å². The number of hydrogen-bond donors (Lipinski definition) is 0. The predicted molar refractivity (Wildman–Crippen MR) is 45.2 cm³/mol. The Labute approximate surface area is 66.1 Å². The fourth-order valence-electron chi connectivity index (χ4n) is 1.00. The summed E-state index contributed by atoms with van der Waals surface area (Å²) in [7, 11) is 0. The highest BCUT2D eigenvalue weighted by Gasteiger charge is 1.91. The van der Waals surface area contributed by atoms with E-state index in [4.69, 9.17) is 0 Å². The maximum absolute atomic E-state index is 10.0. The van der Waals surface area contributed by atoms with E-state index in [9.17, 15) is 4.79 Å². The van der Waals surface area contributed by atoms with Crippen molar-refractivity contribution in [2.75, 3.05) is 0 Å². The van der Waals surface area contributed by atoms with Crippen molar-refractivity contribution in [2.45, 2.75) is 13.5 Å². The van der Waals surface area contributed by atoms with Crippen LogP contribution in [0.4, 0.5) is 0 Å². The Morgan fingerprint density at radius 3 is 3.09 bits per heavy atom. The van der Waals surface area contributed by atoms with Crippen LogP contribution in [-0.2, 0) is 11.3 Å². The molecule has 0 spiro atoms. The molecule has 58 valence electrons. The second-order valence-electron chi connectivity index (χ2n) is 2.21. The topological polar surface area (TPSA) is 22.0 Å². The second kappa shape index (κ2) is 3.76. The Bertz CT molecular complexity index is 260. The van der Waals surface area contributed by atoms with E-state index in [1.54, 1.807) is 6.08 Å². The summed E-state index contributed by atoms with van der Waals surface area (Å²) < 4.78 is 2.07. The van der Waals surface area contributed by atoms with E-state index < -0.39 is 0 Å². The number of nitrogens with zero attached hydrogens (tertiary/aromatic N) is 1. The molecule has 0 atom stereocenters. The Hall–Kier alpha value is -1.31. The lowest BCUT2D eigenvalue weighted by Crippen LogP contribution is -1.93. The number of aryl methyl sites for hydroxylation is 1. The maximum atomic E-state index is 10.0. The fourth-order valence-corrected chi connectivity index (χ4v) is 1.00. The number of carbonyl (C=O) groups is 1. The molecule has 0 amide bonds. The van der Waals surface area contributed by atoms with E-state index in [0.717, 1.165) is 18.5 Å². The van der Waals surface area contributed by atoms with Gasteiger partial charge in [-0.2, -0.15) is 0 Å². The Morgan fingerprint density at radius 1 is 1.64 bits per heavy atom. The van der Waals surface area contributed by atoms with Gasteiger partial charge in [0.25, 0.3) is 0 Å². The lowest BCUT2D eigenvalue weighted by molar-refractivity contribution is -0.104. The number of aromatic nitrogens is 1. The third kappa shape index (κ3) is 1.80. The average Bonchev–Trinajstić information content (AvgIpc) is 2.47. The van der Waals surface area contributed by atoms with Gasteiger partial charge in [0.15, 0.2) is 0 Å². The summed E-state index contributed by atoms with van der Waals surface area (Å²) in [5.41, 5.74) is 1.07. The van der Waals surface area contributed by atoms with Crippen LogP contribution >= 0.6 is 0 Å². The molecular weight excluding hydrogens is 138 g/mol. The molecule has 0 unspecified atom stereocenters. The van der Waals surface area contributed by atoms with Gasteiger partial charge in [-0.1, -0.05) is 0 Å². The van der Waals surface area contributed by atoms with Gasteiger partial charge in [0, 0.05) is 18.4 Å². The molecule has 0 aliphatic carbocycles. The number of rotatable bonds is 3. The molecule has 1 aromatic heterocycles. The molecule has 1 rings (SSSR count). The largest absolute Gasteiger partial charge is 0.348 e. The third-order valence-corrected chi connectivity index (χ3v) is 1.55. The van der Waals surface area contributed by atoms with Gasteiger partial charge in [-0.05, 0) is 31.2 Å². The first kappa shape index (κ1) is 7.79. The van der Waals surface area contributed by atoms with E-state index in [-0.39, 0.29) is 0 Å². The zero-order chi connectivity index (χ0) is 8.10. The quantitative estimate of drug-likeness (QED) is 0.473. The molecule has 0 bridgehead atoms. The predicted octanol–water partition coefficient (Wildman–Crippen LogP) is 1.72. The Balaban J connectivity index is 2.84. The summed E-state index contributed by atoms with van der Waals surface area (Å²) in [5.74, 6) is 0. The van der Waals surface area contributed by atoms with Crippen LogP contribution in [0.2, 0.25) is 0 Å². The smallest absolute Gasteiger partial charge is 0.142 e. The minimum absolute atomic E-state index is 0.785. The van der Waals surface area contributed by atoms with Gasteiger partial charge in [-0.15, -0.1) is 0 Å². The van der Waals surface area contributed by atoms with Crippen molar-refractivity contribution >= 4 is 12.4 Å². The third-order valence-electron chi connectivity index (χ3n) is 1.55. The monoisotopic (exact) mass is 149 g/mol. The minimum Gasteiger partial charge on any atom is -0.348 e. The van der Waals surface area contributed by atoms with E-state index in [2.05, 4.69) is 11.5 Å². The molecule has 2 heteroatoms. The van der Waals surface area contributed by atoms with Crippen LogP contribution in [0.3, 0.4) is 0 Å². The first-order valence-corrected chi connectivity index (χ1v) is 3.65. The molecule has 0 aliphatic heterocycles. The van der Waals surface area contributed by atoms with Crippen LogP contribution in [0.15, 0.2) is 24.4 Å². The summed E-state index contributed by atoms with van der Waals surface area (Å²) in [5, 5.41) is 0. The molecule has 11 heavy (non-hydrogen) atoms. The molecule has 0 N–H and O–H groups in total. The summed E-state index contributed by atoms with van der Waals surface area (Å²) in [4.78, 5) is 10.0. The summed E-state index contributed by atoms with van der Waals surface area (Å²) in [6.07, 6.45) is 6.08. The standard InChI is InChI=1S/C9H11NO/c1-2-10-7-3-5-9(10)6-4-8-11/h3-8H,2H2,1H3/b6-4+. The van der Waals surface area contributed by atoms with Crippen LogP contribution in [0.1, 0.15) is 12.6 Å². The van der Waals surface area contributed by atoms with Crippen LogP contribution in [0.5, 0.6) is 0 Å². The summed E-state index contributed by atoms with van der Waals surface area (Å²) >= 11 is 0. The van der Waals surface area contributed by atoms with Crippen LogP contribution in [-0.4, -0.2) is 10.9 Å². The van der Waals surface area contributed by atoms with Gasteiger partial charge < -0.3 is 4.57 Å². The summed E-state index contributed by atoms with van der Waals surface area (Å²) in [6.45, 7) is 3.00. The molecule has 2 nitrogen and oxygen atoms in total. The molecule has 0 radical (unpaired) electrons. The van der Waals surface area contributed by atoms with Gasteiger partial charge in [0.1, 0.15) is 6.29 Å². The highest BCUT2D eigenvalue weighted by atomic mass is 16.1. The molecule has 0 saturated carbocycles. The van der Waals surface area contributed by atoms with Gasteiger partial charge in [0.05, 0.1) is 0 Å². The van der Waals surface area contributed by atoms with Crippen LogP contribution in [0.25, 0.3) is 6.08 Å². The molecule has 0 aliphatic rings. The van der Waals surface area contributed by atoms with Crippen LogP contribution in [0, 0.1) is 0 Å². The van der Waals surface area contributed by atoms with Crippen LogP contribution < -0.4 is 0 Å². The van der Waals surface area contributed by atoms with E-state index in [1.165, 1.54) is 6.08 Å². The second-order valence-corrected chi connectivity index (χ2v) is 2.21.